The van der Waals surface area contributed by atoms with E-state index >= 15 is 0 Å². The van der Waals surface area contributed by atoms with Gasteiger partial charge in [0.1, 0.15) is 11.6 Å². The lowest BCUT2D eigenvalue weighted by molar-refractivity contribution is 0.0949. The Bertz CT molecular complexity index is 775. The average molecular weight is 281 g/mol. The second-order valence-corrected chi connectivity index (χ2v) is 4.88. The summed E-state index contributed by atoms with van der Waals surface area (Å²) in [6.45, 7) is 2.09. The zero-order valence-corrected chi connectivity index (χ0v) is 11.6. The van der Waals surface area contributed by atoms with Crippen molar-refractivity contribution in [3.8, 4) is 5.75 Å². The second kappa shape index (κ2) is 5.28. The van der Waals surface area contributed by atoms with E-state index in [9.17, 15) is 9.90 Å². The number of H-pyrrole nitrogens is 1. The number of hydrogen-bond donors (Lipinski definition) is 3. The van der Waals surface area contributed by atoms with E-state index in [2.05, 4.69) is 15.3 Å². The summed E-state index contributed by atoms with van der Waals surface area (Å²) in [4.78, 5) is 19.6. The molecule has 0 aliphatic heterocycles. The molecule has 3 N–H and O–H groups in total. The number of benzene rings is 2. The van der Waals surface area contributed by atoms with Crippen LogP contribution in [0.4, 0.5) is 0 Å². The van der Waals surface area contributed by atoms with E-state index in [1.807, 2.05) is 24.3 Å². The summed E-state index contributed by atoms with van der Waals surface area (Å²) in [5, 5.41) is 12.4. The molecule has 0 radical (unpaired) electrons. The van der Waals surface area contributed by atoms with Gasteiger partial charge in [0.05, 0.1) is 17.6 Å². The Kier molecular flexibility index (Phi) is 3.31. The summed E-state index contributed by atoms with van der Waals surface area (Å²) in [5.74, 6) is 0.568. The number of nitrogens with zero attached hydrogens (tertiary/aromatic N) is 1. The van der Waals surface area contributed by atoms with Crippen molar-refractivity contribution >= 4 is 16.9 Å². The molecule has 0 fully saturated rings. The van der Waals surface area contributed by atoms with Gasteiger partial charge < -0.3 is 15.4 Å². The maximum Gasteiger partial charge on any atom is 0.251 e. The minimum atomic E-state index is -0.245. The summed E-state index contributed by atoms with van der Waals surface area (Å²) < 4.78 is 0. The summed E-state index contributed by atoms with van der Waals surface area (Å²) in [7, 11) is 0. The van der Waals surface area contributed by atoms with Crippen LogP contribution in [0.1, 0.15) is 21.7 Å². The molecule has 1 amide bonds. The first-order valence-corrected chi connectivity index (χ1v) is 6.65. The molecule has 5 nitrogen and oxygen atoms in total. The molecule has 0 aliphatic rings. The van der Waals surface area contributed by atoms with Crippen LogP contribution >= 0.6 is 0 Å². The molecule has 1 aromatic heterocycles. The molecule has 106 valence electrons. The molecular weight excluding hydrogens is 266 g/mol. The fourth-order valence-electron chi connectivity index (χ4n) is 2.11. The summed E-state index contributed by atoms with van der Waals surface area (Å²) >= 11 is 0. The fraction of sp³-hybridized carbons (Fsp3) is 0.125. The van der Waals surface area contributed by atoms with Crippen LogP contribution in [-0.2, 0) is 6.54 Å². The van der Waals surface area contributed by atoms with Gasteiger partial charge >= 0.3 is 0 Å². The third-order valence-electron chi connectivity index (χ3n) is 3.33. The largest absolute Gasteiger partial charge is 0.508 e. The number of phenols is 1. The first kappa shape index (κ1) is 13.2. The van der Waals surface area contributed by atoms with Crippen LogP contribution in [-0.4, -0.2) is 21.0 Å². The van der Waals surface area contributed by atoms with Gasteiger partial charge in [0, 0.05) is 5.56 Å². The van der Waals surface area contributed by atoms with Crippen molar-refractivity contribution in [1.29, 1.82) is 0 Å². The van der Waals surface area contributed by atoms with Gasteiger partial charge in [-0.05, 0) is 36.8 Å². The van der Waals surface area contributed by atoms with Crippen molar-refractivity contribution in [2.24, 2.45) is 0 Å². The average Bonchev–Trinajstić information content (AvgIpc) is 2.90. The second-order valence-electron chi connectivity index (χ2n) is 4.88. The third kappa shape index (κ3) is 2.72. The van der Waals surface area contributed by atoms with Gasteiger partial charge in [0.2, 0.25) is 0 Å². The predicted molar refractivity (Wildman–Crippen MR) is 80.1 cm³/mol. The van der Waals surface area contributed by atoms with Crippen LogP contribution in [0, 0.1) is 6.92 Å². The van der Waals surface area contributed by atoms with Gasteiger partial charge in [-0.3, -0.25) is 4.79 Å². The predicted octanol–water partition coefficient (Wildman–Crippen LogP) is 2.51. The lowest BCUT2D eigenvalue weighted by atomic mass is 10.1. The van der Waals surface area contributed by atoms with Gasteiger partial charge in [0.15, 0.2) is 0 Å². The zero-order valence-electron chi connectivity index (χ0n) is 11.6. The number of para-hydroxylation sites is 2. The van der Waals surface area contributed by atoms with Crippen molar-refractivity contribution in [3.05, 3.63) is 59.4 Å². The summed E-state index contributed by atoms with van der Waals surface area (Å²) in [6, 6.07) is 12.6. The molecule has 21 heavy (non-hydrogen) atoms. The van der Waals surface area contributed by atoms with Gasteiger partial charge in [0.25, 0.3) is 5.91 Å². The van der Waals surface area contributed by atoms with Gasteiger partial charge in [-0.2, -0.15) is 0 Å². The standard InChI is InChI=1S/C16H15N3O2/c1-10-6-7-11(8-14(10)20)16(21)17-9-15-18-12-4-2-3-5-13(12)19-15/h2-8,20H,9H2,1H3,(H,17,21)(H,18,19). The number of carbonyl (C=O) groups excluding carboxylic acids is 1. The monoisotopic (exact) mass is 281 g/mol. The lowest BCUT2D eigenvalue weighted by Gasteiger charge is -2.05. The zero-order chi connectivity index (χ0) is 14.8. The maximum absolute atomic E-state index is 12.0. The Morgan fingerprint density at radius 3 is 2.86 bits per heavy atom. The molecule has 2 aromatic carbocycles. The number of aromatic hydroxyl groups is 1. The molecule has 0 saturated heterocycles. The van der Waals surface area contributed by atoms with Crippen LogP contribution in [0.5, 0.6) is 5.75 Å². The number of aromatic nitrogens is 2. The van der Waals surface area contributed by atoms with Gasteiger partial charge in [-0.1, -0.05) is 18.2 Å². The van der Waals surface area contributed by atoms with E-state index in [4.69, 9.17) is 0 Å². The minimum absolute atomic E-state index is 0.117. The van der Waals surface area contributed by atoms with Crippen LogP contribution in [0.3, 0.4) is 0 Å². The van der Waals surface area contributed by atoms with Crippen molar-refractivity contribution in [3.63, 3.8) is 0 Å². The molecule has 3 aromatic rings. The number of nitrogens with one attached hydrogen (secondary N) is 2. The molecule has 1 heterocycles. The Balaban J connectivity index is 1.71. The van der Waals surface area contributed by atoms with Crippen LogP contribution < -0.4 is 5.32 Å². The molecule has 3 rings (SSSR count). The fourth-order valence-corrected chi connectivity index (χ4v) is 2.11. The molecule has 5 heteroatoms. The van der Waals surface area contributed by atoms with Gasteiger partial charge in [-0.15, -0.1) is 0 Å². The number of fused-ring (bicyclic) bond motifs is 1. The summed E-state index contributed by atoms with van der Waals surface area (Å²) in [5.41, 5.74) is 2.97. The molecule has 0 aliphatic carbocycles. The number of amides is 1. The number of aromatic amines is 1. The Hall–Kier alpha value is -2.82. The van der Waals surface area contributed by atoms with E-state index < -0.39 is 0 Å². The van der Waals surface area contributed by atoms with Crippen molar-refractivity contribution in [1.82, 2.24) is 15.3 Å². The number of phenolic OH excluding ortho intramolecular Hbond substituents is 1. The van der Waals surface area contributed by atoms with E-state index in [0.29, 0.717) is 17.9 Å². The van der Waals surface area contributed by atoms with Crippen molar-refractivity contribution in [2.75, 3.05) is 0 Å². The number of imidazole rings is 1. The summed E-state index contributed by atoms with van der Waals surface area (Å²) in [6.07, 6.45) is 0. The molecule has 0 atom stereocenters. The number of aryl methyl sites for hydroxylation is 1. The third-order valence-corrected chi connectivity index (χ3v) is 3.33. The first-order valence-electron chi connectivity index (χ1n) is 6.65. The van der Waals surface area contributed by atoms with Crippen LogP contribution in [0.15, 0.2) is 42.5 Å². The number of rotatable bonds is 3. The maximum atomic E-state index is 12.0. The quantitative estimate of drug-likeness (QED) is 0.690. The van der Waals surface area contributed by atoms with Crippen LogP contribution in [0.2, 0.25) is 0 Å². The molecular formula is C16H15N3O2. The SMILES string of the molecule is Cc1ccc(C(=O)NCc2nc3ccccc3[nH]2)cc1O. The topological polar surface area (TPSA) is 78.0 Å². The van der Waals surface area contributed by atoms with Crippen molar-refractivity contribution < 1.29 is 9.90 Å². The van der Waals surface area contributed by atoms with E-state index in [1.165, 1.54) is 6.07 Å². The van der Waals surface area contributed by atoms with Crippen molar-refractivity contribution in [2.45, 2.75) is 13.5 Å². The van der Waals surface area contributed by atoms with E-state index in [0.717, 1.165) is 16.6 Å². The molecule has 0 saturated carbocycles. The number of carbonyl (C=O) groups is 1. The Labute approximate surface area is 121 Å². The Morgan fingerprint density at radius 2 is 2.10 bits per heavy atom. The highest BCUT2D eigenvalue weighted by molar-refractivity contribution is 5.94. The Morgan fingerprint density at radius 1 is 1.29 bits per heavy atom. The van der Waals surface area contributed by atoms with Crippen LogP contribution in [0.25, 0.3) is 11.0 Å². The number of hydrogen-bond acceptors (Lipinski definition) is 3. The normalized spacial score (nSPS) is 10.7. The highest BCUT2D eigenvalue weighted by Crippen LogP contribution is 2.17. The van der Waals surface area contributed by atoms with E-state index in [1.54, 1.807) is 19.1 Å². The lowest BCUT2D eigenvalue weighted by Crippen LogP contribution is -2.23. The first-order chi connectivity index (χ1) is 10.1. The highest BCUT2D eigenvalue weighted by atomic mass is 16.3. The highest BCUT2D eigenvalue weighted by Gasteiger charge is 2.09. The molecule has 0 spiro atoms. The molecule has 0 unspecified atom stereocenters. The molecule has 0 bridgehead atoms. The smallest absolute Gasteiger partial charge is 0.251 e. The van der Waals surface area contributed by atoms with E-state index in [-0.39, 0.29) is 11.7 Å². The minimum Gasteiger partial charge on any atom is -0.508 e. The van der Waals surface area contributed by atoms with Gasteiger partial charge in [-0.25, -0.2) is 4.98 Å².